The second kappa shape index (κ2) is 9.62. The molecule has 2 heterocycles. The molecule has 1 saturated heterocycles. The first-order chi connectivity index (χ1) is 15.1. The monoisotopic (exact) mass is 417 g/mol. The third-order valence-corrected chi connectivity index (χ3v) is 5.11. The van der Waals surface area contributed by atoms with Gasteiger partial charge in [-0.2, -0.15) is 0 Å². The van der Waals surface area contributed by atoms with Crippen molar-refractivity contribution in [2.45, 2.75) is 32.6 Å². The number of carbonyl (C=O) groups is 1. The van der Waals surface area contributed by atoms with E-state index >= 15 is 0 Å². The molecule has 1 N–H and O–H groups in total. The van der Waals surface area contributed by atoms with E-state index in [1.807, 2.05) is 60.8 Å². The second-order valence-electron chi connectivity index (χ2n) is 7.78. The largest absolute Gasteiger partial charge is 0.457 e. The number of nitrogens with zero attached hydrogens (tertiary/aromatic N) is 2. The predicted octanol–water partition coefficient (Wildman–Crippen LogP) is 4.42. The van der Waals surface area contributed by atoms with Gasteiger partial charge in [-0.05, 0) is 49.7 Å². The van der Waals surface area contributed by atoms with E-state index in [9.17, 15) is 4.79 Å². The lowest BCUT2D eigenvalue weighted by Crippen LogP contribution is -2.45. The Labute approximate surface area is 182 Å². The minimum absolute atomic E-state index is 0.183. The number of morpholine rings is 1. The standard InChI is InChI=1S/C25H27N3O3/c1-18-16-28(17-19(2)30-18)24-13-12-20(14-26-24)15-27-25(29)22-10-6-7-11-23(22)31-21-8-4-3-5-9-21/h3-14,18-19H,15-17H2,1-2H3,(H,27,29). The lowest BCUT2D eigenvalue weighted by Gasteiger charge is -2.36. The molecule has 2 unspecified atom stereocenters. The van der Waals surface area contributed by atoms with Gasteiger partial charge in [0.25, 0.3) is 5.91 Å². The smallest absolute Gasteiger partial charge is 0.255 e. The fourth-order valence-corrected chi connectivity index (χ4v) is 3.71. The number of para-hydroxylation sites is 2. The Morgan fingerprint density at radius 2 is 1.74 bits per heavy atom. The summed E-state index contributed by atoms with van der Waals surface area (Å²) in [5.41, 5.74) is 1.43. The predicted molar refractivity (Wildman–Crippen MR) is 121 cm³/mol. The van der Waals surface area contributed by atoms with E-state index < -0.39 is 0 Å². The highest BCUT2D eigenvalue weighted by Gasteiger charge is 2.23. The van der Waals surface area contributed by atoms with Crippen LogP contribution in [0.4, 0.5) is 5.82 Å². The zero-order valence-electron chi connectivity index (χ0n) is 17.8. The van der Waals surface area contributed by atoms with Gasteiger partial charge >= 0.3 is 0 Å². The van der Waals surface area contributed by atoms with Gasteiger partial charge in [0.1, 0.15) is 17.3 Å². The van der Waals surface area contributed by atoms with Crippen molar-refractivity contribution < 1.29 is 14.3 Å². The van der Waals surface area contributed by atoms with Crippen molar-refractivity contribution in [3.8, 4) is 11.5 Å². The third-order valence-electron chi connectivity index (χ3n) is 5.11. The van der Waals surface area contributed by atoms with Crippen LogP contribution in [-0.2, 0) is 11.3 Å². The number of rotatable bonds is 6. The zero-order chi connectivity index (χ0) is 21.6. The van der Waals surface area contributed by atoms with E-state index in [0.29, 0.717) is 23.6 Å². The fourth-order valence-electron chi connectivity index (χ4n) is 3.71. The Morgan fingerprint density at radius 1 is 1.03 bits per heavy atom. The normalized spacial score (nSPS) is 18.5. The first-order valence-corrected chi connectivity index (χ1v) is 10.5. The quantitative estimate of drug-likeness (QED) is 0.643. The molecule has 6 nitrogen and oxygen atoms in total. The van der Waals surface area contributed by atoms with Crippen LogP contribution in [0.25, 0.3) is 0 Å². The van der Waals surface area contributed by atoms with Crippen molar-refractivity contribution in [2.75, 3.05) is 18.0 Å². The Bertz CT molecular complexity index is 998. The highest BCUT2D eigenvalue weighted by Crippen LogP contribution is 2.25. The van der Waals surface area contributed by atoms with Crippen LogP contribution < -0.4 is 15.0 Å². The minimum Gasteiger partial charge on any atom is -0.457 e. The molecule has 1 aliphatic heterocycles. The van der Waals surface area contributed by atoms with Crippen LogP contribution in [0.3, 0.4) is 0 Å². The summed E-state index contributed by atoms with van der Waals surface area (Å²) in [5.74, 6) is 1.95. The second-order valence-corrected chi connectivity index (χ2v) is 7.78. The summed E-state index contributed by atoms with van der Waals surface area (Å²) >= 11 is 0. The first-order valence-electron chi connectivity index (χ1n) is 10.5. The van der Waals surface area contributed by atoms with E-state index in [1.54, 1.807) is 12.1 Å². The van der Waals surface area contributed by atoms with Crippen LogP contribution in [0.1, 0.15) is 29.8 Å². The van der Waals surface area contributed by atoms with Crippen LogP contribution >= 0.6 is 0 Å². The van der Waals surface area contributed by atoms with E-state index in [2.05, 4.69) is 29.0 Å². The van der Waals surface area contributed by atoms with Crippen molar-refractivity contribution >= 4 is 11.7 Å². The Balaban J connectivity index is 1.38. The molecule has 31 heavy (non-hydrogen) atoms. The fraction of sp³-hybridized carbons (Fsp3) is 0.280. The lowest BCUT2D eigenvalue weighted by molar-refractivity contribution is -0.00546. The van der Waals surface area contributed by atoms with Gasteiger partial charge in [0, 0.05) is 25.8 Å². The van der Waals surface area contributed by atoms with Gasteiger partial charge in [0.2, 0.25) is 0 Å². The summed E-state index contributed by atoms with van der Waals surface area (Å²) in [5, 5.41) is 2.96. The van der Waals surface area contributed by atoms with Crippen molar-refractivity contribution in [1.29, 1.82) is 0 Å². The summed E-state index contributed by atoms with van der Waals surface area (Å²) in [4.78, 5) is 19.6. The Morgan fingerprint density at radius 3 is 2.45 bits per heavy atom. The van der Waals surface area contributed by atoms with Crippen LogP contribution in [0.15, 0.2) is 72.9 Å². The maximum absolute atomic E-state index is 12.8. The summed E-state index contributed by atoms with van der Waals surface area (Å²) in [7, 11) is 0. The van der Waals surface area contributed by atoms with Gasteiger partial charge in [0.15, 0.2) is 0 Å². The highest BCUT2D eigenvalue weighted by molar-refractivity contribution is 5.96. The molecule has 2 atom stereocenters. The summed E-state index contributed by atoms with van der Waals surface area (Å²) in [6, 6.07) is 20.7. The molecule has 1 fully saturated rings. The molecule has 0 saturated carbocycles. The molecule has 1 aliphatic rings. The number of amides is 1. The van der Waals surface area contributed by atoms with Crippen molar-refractivity contribution in [3.05, 3.63) is 84.1 Å². The van der Waals surface area contributed by atoms with E-state index in [1.165, 1.54) is 0 Å². The average Bonchev–Trinajstić information content (AvgIpc) is 2.78. The molecule has 6 heteroatoms. The van der Waals surface area contributed by atoms with E-state index in [-0.39, 0.29) is 18.1 Å². The maximum atomic E-state index is 12.8. The number of ether oxygens (including phenoxy) is 2. The number of nitrogens with one attached hydrogen (secondary N) is 1. The number of aromatic nitrogens is 1. The van der Waals surface area contributed by atoms with Crippen molar-refractivity contribution in [1.82, 2.24) is 10.3 Å². The number of anilines is 1. The van der Waals surface area contributed by atoms with Gasteiger partial charge in [-0.1, -0.05) is 36.4 Å². The number of carbonyl (C=O) groups excluding carboxylic acids is 1. The zero-order valence-corrected chi connectivity index (χ0v) is 17.8. The number of benzene rings is 2. The van der Waals surface area contributed by atoms with Crippen LogP contribution in [0.2, 0.25) is 0 Å². The summed E-state index contributed by atoms with van der Waals surface area (Å²) in [6.45, 7) is 6.19. The first kappa shape index (κ1) is 20.9. The van der Waals surface area contributed by atoms with Crippen LogP contribution in [0.5, 0.6) is 11.5 Å². The van der Waals surface area contributed by atoms with Gasteiger partial charge in [-0.15, -0.1) is 0 Å². The molecule has 0 spiro atoms. The lowest BCUT2D eigenvalue weighted by atomic mass is 10.1. The third kappa shape index (κ3) is 5.41. The topological polar surface area (TPSA) is 63.7 Å². The molecular formula is C25H27N3O3. The highest BCUT2D eigenvalue weighted by atomic mass is 16.5. The van der Waals surface area contributed by atoms with Crippen molar-refractivity contribution in [3.63, 3.8) is 0 Å². The van der Waals surface area contributed by atoms with E-state index in [4.69, 9.17) is 9.47 Å². The van der Waals surface area contributed by atoms with Crippen LogP contribution in [0, 0.1) is 0 Å². The Kier molecular flexibility index (Phi) is 6.48. The molecule has 1 amide bonds. The molecule has 160 valence electrons. The Hall–Kier alpha value is -3.38. The minimum atomic E-state index is -0.188. The summed E-state index contributed by atoms with van der Waals surface area (Å²) < 4.78 is 11.7. The number of pyridine rings is 1. The average molecular weight is 418 g/mol. The molecule has 3 aromatic rings. The van der Waals surface area contributed by atoms with E-state index in [0.717, 1.165) is 24.5 Å². The van der Waals surface area contributed by atoms with Crippen LogP contribution in [-0.4, -0.2) is 36.2 Å². The molecule has 1 aromatic heterocycles. The number of hydrogen-bond donors (Lipinski definition) is 1. The molecule has 4 rings (SSSR count). The summed E-state index contributed by atoms with van der Waals surface area (Å²) in [6.07, 6.45) is 2.18. The molecule has 2 aromatic carbocycles. The van der Waals surface area contributed by atoms with Gasteiger partial charge in [0.05, 0.1) is 17.8 Å². The van der Waals surface area contributed by atoms with Gasteiger partial charge in [-0.25, -0.2) is 4.98 Å². The van der Waals surface area contributed by atoms with Gasteiger partial charge in [-0.3, -0.25) is 4.79 Å². The van der Waals surface area contributed by atoms with Gasteiger partial charge < -0.3 is 19.7 Å². The maximum Gasteiger partial charge on any atom is 0.255 e. The van der Waals surface area contributed by atoms with Crippen molar-refractivity contribution in [2.24, 2.45) is 0 Å². The molecule has 0 bridgehead atoms. The molecule has 0 radical (unpaired) electrons. The number of hydrogen-bond acceptors (Lipinski definition) is 5. The molecular weight excluding hydrogens is 390 g/mol. The SMILES string of the molecule is CC1CN(c2ccc(CNC(=O)c3ccccc3Oc3ccccc3)cn2)CC(C)O1. The molecule has 0 aliphatic carbocycles.